The fourth-order valence-electron chi connectivity index (χ4n) is 4.00. The number of hydrogen-bond acceptors (Lipinski definition) is 9. The number of carbonyl (C=O) groups excluding carboxylic acids is 1. The van der Waals surface area contributed by atoms with Crippen LogP contribution in [-0.2, 0) is 10.9 Å². The van der Waals surface area contributed by atoms with E-state index in [1.807, 2.05) is 33.8 Å². The van der Waals surface area contributed by atoms with E-state index in [4.69, 9.17) is 9.47 Å². The summed E-state index contributed by atoms with van der Waals surface area (Å²) < 4.78 is 50.0. The predicted molar refractivity (Wildman–Crippen MR) is 143 cm³/mol. The number of nitrogens with zero attached hydrogens (tertiary/aromatic N) is 4. The standard InChI is InChI=1S/C27H32F3N5O4S/c1-15-9-31-23(40-15)19-6-18(22(36)34-16(2)20-10-32-24(33-11-20)27(28,29)30)7-21(8-19)38-14-17-12-35(13-17)25(37)39-26(3,4)5/h6-11,16-17,25,37H,12-14H2,1-5H3,(H,34,36)/t16-,25?/m1/s1. The second kappa shape index (κ2) is 11.8. The van der Waals surface area contributed by atoms with Crippen LogP contribution in [0, 0.1) is 12.8 Å². The largest absolute Gasteiger partial charge is 0.493 e. The highest BCUT2D eigenvalue weighted by Gasteiger charge is 2.35. The zero-order valence-corrected chi connectivity index (χ0v) is 23.6. The van der Waals surface area contributed by atoms with Gasteiger partial charge in [0, 0.05) is 59.2 Å². The summed E-state index contributed by atoms with van der Waals surface area (Å²) in [6, 6.07) is 4.48. The van der Waals surface area contributed by atoms with Crippen molar-refractivity contribution in [3.63, 3.8) is 0 Å². The van der Waals surface area contributed by atoms with Crippen LogP contribution in [0.4, 0.5) is 13.2 Å². The molecule has 40 heavy (non-hydrogen) atoms. The zero-order chi connectivity index (χ0) is 29.2. The van der Waals surface area contributed by atoms with Crippen molar-refractivity contribution in [3.8, 4) is 16.3 Å². The fourth-order valence-corrected chi connectivity index (χ4v) is 4.75. The van der Waals surface area contributed by atoms with Crippen LogP contribution >= 0.6 is 11.3 Å². The number of hydrogen-bond donors (Lipinski definition) is 2. The van der Waals surface area contributed by atoms with E-state index in [-0.39, 0.29) is 5.92 Å². The van der Waals surface area contributed by atoms with Gasteiger partial charge in [0.15, 0.2) is 0 Å². The lowest BCUT2D eigenvalue weighted by molar-refractivity contribution is -0.262. The van der Waals surface area contributed by atoms with Crippen molar-refractivity contribution >= 4 is 17.2 Å². The van der Waals surface area contributed by atoms with Crippen LogP contribution in [0.2, 0.25) is 0 Å². The van der Waals surface area contributed by atoms with E-state index in [0.717, 1.165) is 22.3 Å². The van der Waals surface area contributed by atoms with Crippen molar-refractivity contribution < 1.29 is 32.5 Å². The van der Waals surface area contributed by atoms with Crippen LogP contribution in [0.5, 0.6) is 5.75 Å². The van der Waals surface area contributed by atoms with Crippen molar-refractivity contribution in [2.75, 3.05) is 19.7 Å². The molecular formula is C27H32F3N5O4S. The molecule has 13 heteroatoms. The molecule has 2 N–H and O–H groups in total. The summed E-state index contributed by atoms with van der Waals surface area (Å²) in [5, 5.41) is 13.7. The summed E-state index contributed by atoms with van der Waals surface area (Å²) in [6.45, 7) is 10.8. The van der Waals surface area contributed by atoms with Crippen LogP contribution in [0.15, 0.2) is 36.8 Å². The Morgan fingerprint density at radius 3 is 2.40 bits per heavy atom. The lowest BCUT2D eigenvalue weighted by atomic mass is 10.0. The zero-order valence-electron chi connectivity index (χ0n) is 22.8. The molecule has 1 unspecified atom stereocenters. The normalized spacial score (nSPS) is 16.3. The minimum Gasteiger partial charge on any atom is -0.493 e. The molecule has 1 aliphatic heterocycles. The molecule has 1 aromatic carbocycles. The number of nitrogens with one attached hydrogen (secondary N) is 1. The highest BCUT2D eigenvalue weighted by Crippen LogP contribution is 2.31. The molecule has 0 spiro atoms. The number of amides is 1. The van der Waals surface area contributed by atoms with Crippen molar-refractivity contribution in [1.82, 2.24) is 25.2 Å². The van der Waals surface area contributed by atoms with Gasteiger partial charge >= 0.3 is 6.18 Å². The summed E-state index contributed by atoms with van der Waals surface area (Å²) in [6.07, 6.45) is -1.79. The van der Waals surface area contributed by atoms with Crippen molar-refractivity contribution in [3.05, 3.63) is 58.6 Å². The summed E-state index contributed by atoms with van der Waals surface area (Å²) in [7, 11) is 0. The lowest BCUT2D eigenvalue weighted by Crippen LogP contribution is -2.56. The summed E-state index contributed by atoms with van der Waals surface area (Å²) in [5.74, 6) is -1.04. The number of benzene rings is 1. The number of carbonyl (C=O) groups is 1. The SMILES string of the molecule is Cc1cnc(-c2cc(OCC3CN(C(O)OC(C)(C)C)C3)cc(C(=O)N[C@H](C)c3cnc(C(F)(F)F)nc3)c2)s1. The molecule has 2 aromatic heterocycles. The van der Waals surface area contributed by atoms with Gasteiger partial charge in [-0.15, -0.1) is 11.3 Å². The maximum atomic E-state index is 13.2. The Morgan fingerprint density at radius 1 is 1.15 bits per heavy atom. The van der Waals surface area contributed by atoms with Gasteiger partial charge in [0.25, 0.3) is 5.91 Å². The Morgan fingerprint density at radius 2 is 1.82 bits per heavy atom. The Labute approximate surface area is 234 Å². The van der Waals surface area contributed by atoms with E-state index in [0.29, 0.717) is 42.1 Å². The molecule has 4 rings (SSSR count). The highest BCUT2D eigenvalue weighted by atomic mass is 32.1. The van der Waals surface area contributed by atoms with Crippen molar-refractivity contribution in [2.24, 2.45) is 5.92 Å². The predicted octanol–water partition coefficient (Wildman–Crippen LogP) is 4.82. The van der Waals surface area contributed by atoms with E-state index in [1.165, 1.54) is 11.3 Å². The number of aromatic nitrogens is 3. The van der Waals surface area contributed by atoms with E-state index in [2.05, 4.69) is 20.3 Å². The van der Waals surface area contributed by atoms with Crippen LogP contribution in [0.1, 0.15) is 60.4 Å². The van der Waals surface area contributed by atoms with E-state index >= 15 is 0 Å². The van der Waals surface area contributed by atoms with Gasteiger partial charge in [-0.05, 0) is 52.8 Å². The van der Waals surface area contributed by atoms with Gasteiger partial charge in [0.1, 0.15) is 10.8 Å². The average Bonchev–Trinajstić information content (AvgIpc) is 3.27. The first kappa shape index (κ1) is 29.8. The third-order valence-corrected chi connectivity index (χ3v) is 7.01. The second-order valence-electron chi connectivity index (χ2n) is 10.7. The molecule has 1 saturated heterocycles. The molecule has 1 aliphatic rings. The van der Waals surface area contributed by atoms with Gasteiger partial charge in [-0.2, -0.15) is 13.2 Å². The Kier molecular flexibility index (Phi) is 8.78. The van der Waals surface area contributed by atoms with E-state index in [1.54, 1.807) is 30.2 Å². The van der Waals surface area contributed by atoms with Crippen LogP contribution in [-0.4, -0.2) is 62.6 Å². The number of aliphatic hydroxyl groups is 1. The molecule has 1 fully saturated rings. The molecule has 2 atom stereocenters. The number of rotatable bonds is 9. The smallest absolute Gasteiger partial charge is 0.451 e. The molecule has 3 aromatic rings. The molecule has 0 saturated carbocycles. The number of ether oxygens (including phenoxy) is 2. The lowest BCUT2D eigenvalue weighted by Gasteiger charge is -2.43. The number of alkyl halides is 3. The monoisotopic (exact) mass is 579 g/mol. The minimum atomic E-state index is -4.65. The Bertz CT molecular complexity index is 1320. The number of aliphatic hydroxyl groups excluding tert-OH is 1. The first-order valence-electron chi connectivity index (χ1n) is 12.7. The third-order valence-electron chi connectivity index (χ3n) is 6.05. The minimum absolute atomic E-state index is 0.168. The number of halogens is 3. The van der Waals surface area contributed by atoms with Gasteiger partial charge in [0.05, 0.1) is 18.2 Å². The quantitative estimate of drug-likeness (QED) is 0.348. The Balaban J connectivity index is 1.44. The number of aryl methyl sites for hydroxylation is 1. The van der Waals surface area contributed by atoms with Gasteiger partial charge in [-0.1, -0.05) is 0 Å². The van der Waals surface area contributed by atoms with E-state index < -0.39 is 36.0 Å². The molecule has 1 amide bonds. The molecule has 3 heterocycles. The molecular weight excluding hydrogens is 547 g/mol. The summed E-state index contributed by atoms with van der Waals surface area (Å²) >= 11 is 1.48. The van der Waals surface area contributed by atoms with Crippen LogP contribution in [0.25, 0.3) is 10.6 Å². The third kappa shape index (κ3) is 7.74. The van der Waals surface area contributed by atoms with Crippen molar-refractivity contribution in [1.29, 1.82) is 0 Å². The average molecular weight is 580 g/mol. The fraction of sp³-hybridized carbons (Fsp3) is 0.481. The molecule has 0 bridgehead atoms. The Hall–Kier alpha value is -3.13. The van der Waals surface area contributed by atoms with Gasteiger partial charge in [-0.25, -0.2) is 15.0 Å². The molecule has 216 valence electrons. The van der Waals surface area contributed by atoms with Crippen LogP contribution < -0.4 is 10.1 Å². The maximum absolute atomic E-state index is 13.2. The highest BCUT2D eigenvalue weighted by molar-refractivity contribution is 7.14. The summed E-state index contributed by atoms with van der Waals surface area (Å²) in [5.41, 5.74) is 0.875. The first-order valence-corrected chi connectivity index (χ1v) is 13.5. The van der Waals surface area contributed by atoms with Gasteiger partial charge < -0.3 is 19.9 Å². The maximum Gasteiger partial charge on any atom is 0.451 e. The number of likely N-dealkylation sites (tertiary alicyclic amines) is 1. The van der Waals surface area contributed by atoms with Crippen LogP contribution in [0.3, 0.4) is 0 Å². The molecule has 9 nitrogen and oxygen atoms in total. The van der Waals surface area contributed by atoms with E-state index in [9.17, 15) is 23.1 Å². The topological polar surface area (TPSA) is 110 Å². The van der Waals surface area contributed by atoms with Gasteiger partial charge in [-0.3, -0.25) is 9.69 Å². The summed E-state index contributed by atoms with van der Waals surface area (Å²) in [4.78, 5) is 27.1. The van der Waals surface area contributed by atoms with Crippen molar-refractivity contribution in [2.45, 2.75) is 58.9 Å². The first-order chi connectivity index (χ1) is 18.7. The van der Waals surface area contributed by atoms with Gasteiger partial charge in [0.2, 0.25) is 12.2 Å². The molecule has 0 radical (unpaired) electrons. The molecule has 0 aliphatic carbocycles. The number of thiazole rings is 1. The second-order valence-corrected chi connectivity index (χ2v) is 12.0.